The third kappa shape index (κ3) is 48.7. The molecule has 0 spiro atoms. The van der Waals surface area contributed by atoms with Crippen molar-refractivity contribution in [1.29, 1.82) is 0 Å². The van der Waals surface area contributed by atoms with Crippen LogP contribution >= 0.6 is 7.82 Å². The number of phosphoric acid groups is 1. The molecule has 0 aliphatic carbocycles. The zero-order valence-electron chi connectivity index (χ0n) is 43.8. The summed E-state index contributed by atoms with van der Waals surface area (Å²) in [6.07, 6.45) is 51.1. The van der Waals surface area contributed by atoms with Crippen molar-refractivity contribution in [3.8, 4) is 0 Å². The van der Waals surface area contributed by atoms with Gasteiger partial charge >= 0.3 is 25.7 Å². The number of rotatable bonds is 52. The average Bonchev–Trinajstić information content (AvgIpc) is 3.32. The van der Waals surface area contributed by atoms with Crippen molar-refractivity contribution in [2.75, 3.05) is 26.4 Å². The minimum atomic E-state index is -4.74. The summed E-state index contributed by atoms with van der Waals surface area (Å²) in [5.74, 6) is -1.48. The minimum Gasteiger partial charge on any atom is -0.462 e. The average molecular weight is 983 g/mol. The Kier molecular flexibility index (Phi) is 49.3. The topological polar surface area (TPSA) is 155 Å². The lowest BCUT2D eigenvalue weighted by Gasteiger charge is -2.21. The largest absolute Gasteiger partial charge is 0.472 e. The number of esters is 3. The van der Waals surface area contributed by atoms with Gasteiger partial charge in [0, 0.05) is 19.3 Å². The van der Waals surface area contributed by atoms with E-state index in [1.165, 1.54) is 128 Å². The lowest BCUT2D eigenvalue weighted by atomic mass is 10.0. The van der Waals surface area contributed by atoms with E-state index >= 15 is 0 Å². The van der Waals surface area contributed by atoms with Crippen LogP contribution in [0.2, 0.25) is 0 Å². The van der Waals surface area contributed by atoms with Gasteiger partial charge in [-0.1, -0.05) is 231 Å². The summed E-state index contributed by atoms with van der Waals surface area (Å²) in [5, 5.41) is 9.78. The van der Waals surface area contributed by atoms with Crippen LogP contribution < -0.4 is 0 Å². The molecule has 2 N–H and O–H groups in total. The van der Waals surface area contributed by atoms with Crippen molar-refractivity contribution in [1.82, 2.24) is 0 Å². The highest BCUT2D eigenvalue weighted by Gasteiger charge is 2.28. The maximum absolute atomic E-state index is 12.9. The van der Waals surface area contributed by atoms with Crippen LogP contribution in [0, 0.1) is 0 Å². The molecule has 3 atom stereocenters. The number of carbonyl (C=O) groups excluding carboxylic acids is 3. The molecule has 0 saturated carbocycles. The van der Waals surface area contributed by atoms with Crippen LogP contribution in [-0.2, 0) is 42.2 Å². The molecule has 68 heavy (non-hydrogen) atoms. The van der Waals surface area contributed by atoms with Gasteiger partial charge in [0.2, 0.25) is 0 Å². The second kappa shape index (κ2) is 51.1. The fraction of sp³-hybridized carbons (Fsp3) is 0.839. The number of aliphatic hydroxyl groups is 1. The Labute approximate surface area is 416 Å². The van der Waals surface area contributed by atoms with E-state index in [4.69, 9.17) is 23.3 Å². The van der Waals surface area contributed by atoms with Crippen LogP contribution in [0.4, 0.5) is 0 Å². The highest BCUT2D eigenvalue weighted by Crippen LogP contribution is 2.43. The van der Waals surface area contributed by atoms with Gasteiger partial charge in [-0.05, 0) is 51.4 Å². The Hall–Kier alpha value is -2.30. The third-order valence-corrected chi connectivity index (χ3v) is 13.0. The molecule has 0 aliphatic heterocycles. The first-order chi connectivity index (χ1) is 33.2. The van der Waals surface area contributed by atoms with E-state index in [0.717, 1.165) is 77.0 Å². The predicted octanol–water partition coefficient (Wildman–Crippen LogP) is 16.0. The Morgan fingerprint density at radius 3 is 1.18 bits per heavy atom. The van der Waals surface area contributed by atoms with Gasteiger partial charge in [-0.25, -0.2) is 4.57 Å². The van der Waals surface area contributed by atoms with Crippen LogP contribution in [0.5, 0.6) is 0 Å². The molecule has 11 nitrogen and oxygen atoms in total. The summed E-state index contributed by atoms with van der Waals surface area (Å²) in [6.45, 7) is 4.52. The van der Waals surface area contributed by atoms with E-state index < -0.39 is 57.8 Å². The number of allylic oxidation sites excluding steroid dienone is 6. The molecule has 0 amide bonds. The second-order valence-electron chi connectivity index (χ2n) is 18.7. The highest BCUT2D eigenvalue weighted by atomic mass is 31.2. The van der Waals surface area contributed by atoms with E-state index in [1.54, 1.807) is 0 Å². The van der Waals surface area contributed by atoms with Gasteiger partial charge in [0.25, 0.3) is 0 Å². The zero-order chi connectivity index (χ0) is 49.9. The fourth-order valence-electron chi connectivity index (χ4n) is 7.84. The smallest absolute Gasteiger partial charge is 0.462 e. The first-order valence-corrected chi connectivity index (χ1v) is 29.4. The first-order valence-electron chi connectivity index (χ1n) is 27.9. The lowest BCUT2D eigenvalue weighted by Crippen LogP contribution is -2.30. The van der Waals surface area contributed by atoms with Crippen molar-refractivity contribution < 1.29 is 52.2 Å². The van der Waals surface area contributed by atoms with E-state index in [2.05, 4.69) is 57.2 Å². The van der Waals surface area contributed by atoms with Crippen molar-refractivity contribution in [3.63, 3.8) is 0 Å². The molecule has 0 aliphatic rings. The summed E-state index contributed by atoms with van der Waals surface area (Å²) < 4.78 is 39.4. The molecule has 0 saturated heterocycles. The van der Waals surface area contributed by atoms with E-state index in [1.807, 2.05) is 0 Å². The zero-order valence-corrected chi connectivity index (χ0v) is 44.7. The number of hydrogen-bond donors (Lipinski definition) is 2. The molecule has 0 bridgehead atoms. The standard InChI is InChI=1S/C56H103O11P/c1-4-7-10-13-16-19-22-24-25-26-27-29-32-35-38-41-44-47-56(60)67-53(49-63-54(58)45-42-39-36-33-30-21-18-15-12-9-6-3)51-65-68(61,62)64-50-52(48-57)66-55(59)46-43-40-37-34-31-28-23-20-17-14-11-8-5-2/h8,11,17,20,28,31,52-53,57H,4-7,9-10,12-16,18-19,21-27,29-30,32-51H2,1-3H3,(H,61,62)/b11-8-,20-17-,31-28-. The predicted molar refractivity (Wildman–Crippen MR) is 279 cm³/mol. The Balaban J connectivity index is 4.69. The van der Waals surface area contributed by atoms with E-state index in [9.17, 15) is 28.9 Å². The van der Waals surface area contributed by atoms with Crippen LogP contribution in [0.25, 0.3) is 0 Å². The molecule has 398 valence electrons. The molecular weight excluding hydrogens is 880 g/mol. The molecule has 0 radical (unpaired) electrons. The van der Waals surface area contributed by atoms with Gasteiger partial charge < -0.3 is 24.2 Å². The fourth-order valence-corrected chi connectivity index (χ4v) is 8.63. The number of aliphatic hydroxyl groups excluding tert-OH is 1. The quantitative estimate of drug-likeness (QED) is 0.0197. The molecule has 0 aromatic carbocycles. The molecule has 3 unspecified atom stereocenters. The molecule has 0 aromatic rings. The second-order valence-corrected chi connectivity index (χ2v) is 20.2. The summed E-state index contributed by atoms with van der Waals surface area (Å²) in [4.78, 5) is 48.4. The van der Waals surface area contributed by atoms with Gasteiger partial charge in [0.1, 0.15) is 12.7 Å². The number of unbranched alkanes of at least 4 members (excludes halogenated alkanes) is 29. The summed E-state index contributed by atoms with van der Waals surface area (Å²) in [7, 11) is -4.74. The Morgan fingerprint density at radius 2 is 0.765 bits per heavy atom. The van der Waals surface area contributed by atoms with Crippen molar-refractivity contribution in [2.24, 2.45) is 0 Å². The molecule has 0 rings (SSSR count). The van der Waals surface area contributed by atoms with Gasteiger partial charge in [0.05, 0.1) is 19.8 Å². The Bertz CT molecular complexity index is 1280. The molecule has 0 heterocycles. The maximum Gasteiger partial charge on any atom is 0.472 e. The van der Waals surface area contributed by atoms with Crippen LogP contribution in [0.3, 0.4) is 0 Å². The number of phosphoric ester groups is 1. The molecule has 0 fully saturated rings. The number of hydrogen-bond acceptors (Lipinski definition) is 10. The van der Waals surface area contributed by atoms with Gasteiger partial charge in [0.15, 0.2) is 6.10 Å². The SMILES string of the molecule is CC/C=C\C/C=C\C/C=C\CCCCCC(=O)OC(CO)COP(=O)(O)OCC(COC(=O)CCCCCCCCCCCCC)OC(=O)CCCCCCCCCCCCCCCCCCC. The van der Waals surface area contributed by atoms with Gasteiger partial charge in [-0.15, -0.1) is 0 Å². The monoisotopic (exact) mass is 983 g/mol. The maximum atomic E-state index is 12.9. The van der Waals surface area contributed by atoms with Crippen LogP contribution in [0.15, 0.2) is 36.5 Å². The van der Waals surface area contributed by atoms with Crippen LogP contribution in [0.1, 0.15) is 265 Å². The summed E-state index contributed by atoms with van der Waals surface area (Å²) in [6, 6.07) is 0. The summed E-state index contributed by atoms with van der Waals surface area (Å²) in [5.41, 5.74) is 0. The lowest BCUT2D eigenvalue weighted by molar-refractivity contribution is -0.161. The minimum absolute atomic E-state index is 0.145. The Morgan fingerprint density at radius 1 is 0.426 bits per heavy atom. The van der Waals surface area contributed by atoms with Gasteiger partial charge in [-0.3, -0.25) is 23.4 Å². The van der Waals surface area contributed by atoms with Crippen LogP contribution in [-0.4, -0.2) is 66.5 Å². The molecular formula is C56H103O11P. The first kappa shape index (κ1) is 65.7. The highest BCUT2D eigenvalue weighted by molar-refractivity contribution is 7.47. The van der Waals surface area contributed by atoms with Gasteiger partial charge in [-0.2, -0.15) is 0 Å². The third-order valence-electron chi connectivity index (χ3n) is 12.1. The van der Waals surface area contributed by atoms with Crippen molar-refractivity contribution in [3.05, 3.63) is 36.5 Å². The number of ether oxygens (including phenoxy) is 3. The number of carbonyl (C=O) groups is 3. The van der Waals surface area contributed by atoms with E-state index in [0.29, 0.717) is 19.3 Å². The van der Waals surface area contributed by atoms with Crippen molar-refractivity contribution in [2.45, 2.75) is 277 Å². The van der Waals surface area contributed by atoms with Crippen molar-refractivity contribution >= 4 is 25.7 Å². The normalized spacial score (nSPS) is 13.7. The summed E-state index contributed by atoms with van der Waals surface area (Å²) >= 11 is 0. The molecule has 0 aromatic heterocycles. The molecule has 12 heteroatoms. The van der Waals surface area contributed by atoms with E-state index in [-0.39, 0.29) is 25.9 Å².